The molecule has 0 radical (unpaired) electrons. The molecule has 0 aliphatic carbocycles. The van der Waals surface area contributed by atoms with Gasteiger partial charge in [-0.15, -0.1) is 5.10 Å². The second kappa shape index (κ2) is 2.43. The molecule has 0 aliphatic heterocycles. The fourth-order valence-electron chi connectivity index (χ4n) is 0.725. The minimum atomic E-state index is 0. The van der Waals surface area contributed by atoms with Gasteiger partial charge in [-0.1, -0.05) is 12.1 Å². The van der Waals surface area contributed by atoms with Crippen LogP contribution in [0, 0.1) is 0 Å². The Morgan fingerprint density at radius 2 is 2.00 bits per heavy atom. The molecule has 0 N–H and O–H groups in total. The van der Waals surface area contributed by atoms with Gasteiger partial charge in [-0.05, 0) is 12.1 Å². The highest BCUT2D eigenvalue weighted by Gasteiger charge is 1.93. The molecule has 0 saturated heterocycles. The highest BCUT2D eigenvalue weighted by atomic mass is 19.0. The van der Waals surface area contributed by atoms with Gasteiger partial charge in [0.15, 0.2) is 5.58 Å². The summed E-state index contributed by atoms with van der Waals surface area (Å²) in [4.78, 5) is 0. The number of aromatic nitrogens is 2. The molecular formula is C6H5FN2O. The van der Waals surface area contributed by atoms with Gasteiger partial charge in [-0.2, -0.15) is 0 Å². The number of benzene rings is 1. The normalized spacial score (nSPS) is 9.20. The molecule has 10 heavy (non-hydrogen) atoms. The van der Waals surface area contributed by atoms with E-state index in [-0.39, 0.29) is 4.70 Å². The summed E-state index contributed by atoms with van der Waals surface area (Å²) in [5.74, 6) is 0. The molecule has 0 spiro atoms. The highest BCUT2D eigenvalue weighted by Crippen LogP contribution is 2.06. The van der Waals surface area contributed by atoms with E-state index in [4.69, 9.17) is 4.52 Å². The molecule has 1 heterocycles. The van der Waals surface area contributed by atoms with Crippen LogP contribution in [0.3, 0.4) is 0 Å². The number of fused-ring (bicyclic) bond motifs is 1. The molecule has 0 aliphatic rings. The van der Waals surface area contributed by atoms with Crippen molar-refractivity contribution in [1.82, 2.24) is 10.4 Å². The highest BCUT2D eigenvalue weighted by molar-refractivity contribution is 5.70. The van der Waals surface area contributed by atoms with Gasteiger partial charge in [0, 0.05) is 5.27 Å². The molecule has 0 atom stereocenters. The monoisotopic (exact) mass is 140 g/mol. The van der Waals surface area contributed by atoms with Crippen LogP contribution in [-0.2, 0) is 0 Å². The Labute approximate surface area is 56.0 Å². The lowest BCUT2D eigenvalue weighted by molar-refractivity contribution is 0.424. The van der Waals surface area contributed by atoms with E-state index in [0.29, 0.717) is 0 Å². The molecule has 0 amide bonds. The van der Waals surface area contributed by atoms with Crippen LogP contribution in [-0.4, -0.2) is 10.4 Å². The first kappa shape index (κ1) is 6.67. The maximum atomic E-state index is 4.76. The van der Waals surface area contributed by atoms with Crippen LogP contribution in [0.2, 0.25) is 0 Å². The third kappa shape index (κ3) is 0.834. The first-order chi connectivity index (χ1) is 4.47. The van der Waals surface area contributed by atoms with Crippen molar-refractivity contribution < 1.29 is 9.23 Å². The minimum absolute atomic E-state index is 0. The molecule has 4 heteroatoms. The van der Waals surface area contributed by atoms with Crippen LogP contribution in [0.4, 0.5) is 4.70 Å². The van der Waals surface area contributed by atoms with Crippen molar-refractivity contribution in [2.75, 3.05) is 0 Å². The van der Waals surface area contributed by atoms with Gasteiger partial charge in [0.2, 0.25) is 0 Å². The Kier molecular flexibility index (Phi) is 1.62. The molecule has 3 nitrogen and oxygen atoms in total. The molecule has 1 aromatic carbocycles. The Balaban J connectivity index is 0.000000500. The Bertz CT molecular complexity index is 290. The molecular weight excluding hydrogens is 135 g/mol. The fourth-order valence-corrected chi connectivity index (χ4v) is 0.725. The number of nitrogens with zero attached hydrogens (tertiary/aromatic N) is 2. The lowest BCUT2D eigenvalue weighted by atomic mass is 10.3. The fraction of sp³-hybridized carbons (Fsp3) is 0. The summed E-state index contributed by atoms with van der Waals surface area (Å²) in [6, 6.07) is 7.46. The van der Waals surface area contributed by atoms with E-state index in [1.54, 1.807) is 0 Å². The summed E-state index contributed by atoms with van der Waals surface area (Å²) < 4.78 is 4.76. The topological polar surface area (TPSA) is 38.9 Å². The predicted octanol–water partition coefficient (Wildman–Crippen LogP) is 1.38. The number of halogens is 1. The predicted molar refractivity (Wildman–Crippen MR) is 34.3 cm³/mol. The summed E-state index contributed by atoms with van der Waals surface area (Å²) in [6.45, 7) is 0. The largest absolute Gasteiger partial charge is 0.337 e. The van der Waals surface area contributed by atoms with Crippen LogP contribution in [0.5, 0.6) is 0 Å². The molecule has 0 unspecified atom stereocenters. The van der Waals surface area contributed by atoms with Crippen molar-refractivity contribution in [3.8, 4) is 0 Å². The van der Waals surface area contributed by atoms with Crippen LogP contribution in [0.1, 0.15) is 0 Å². The summed E-state index contributed by atoms with van der Waals surface area (Å²) in [6.07, 6.45) is 0. The maximum absolute atomic E-state index is 4.76. The van der Waals surface area contributed by atoms with E-state index in [1.165, 1.54) is 0 Å². The average molecular weight is 140 g/mol. The zero-order chi connectivity index (χ0) is 6.10. The average Bonchev–Trinajstić information content (AvgIpc) is 2.33. The number of rotatable bonds is 0. The van der Waals surface area contributed by atoms with E-state index < -0.39 is 0 Å². The summed E-state index contributed by atoms with van der Waals surface area (Å²) >= 11 is 0. The van der Waals surface area contributed by atoms with E-state index in [1.807, 2.05) is 24.3 Å². The number of hydrogen-bond acceptors (Lipinski definition) is 3. The molecule has 0 fully saturated rings. The van der Waals surface area contributed by atoms with Gasteiger partial charge in [-0.3, -0.25) is 4.70 Å². The third-order valence-corrected chi connectivity index (χ3v) is 1.15. The van der Waals surface area contributed by atoms with Crippen molar-refractivity contribution in [3.05, 3.63) is 24.3 Å². The molecule has 2 aromatic rings. The van der Waals surface area contributed by atoms with Crippen molar-refractivity contribution in [1.29, 1.82) is 0 Å². The quantitative estimate of drug-likeness (QED) is 0.554. The maximum Gasteiger partial charge on any atom is 0.187 e. The third-order valence-electron chi connectivity index (χ3n) is 1.15. The lowest BCUT2D eigenvalue weighted by Gasteiger charge is -1.76. The molecule has 52 valence electrons. The van der Waals surface area contributed by atoms with Crippen molar-refractivity contribution in [2.24, 2.45) is 0 Å². The van der Waals surface area contributed by atoms with Crippen molar-refractivity contribution >= 4 is 11.1 Å². The van der Waals surface area contributed by atoms with Gasteiger partial charge in [0.05, 0.1) is 0 Å². The van der Waals surface area contributed by atoms with Crippen molar-refractivity contribution in [3.63, 3.8) is 0 Å². The lowest BCUT2D eigenvalue weighted by Crippen LogP contribution is -1.63. The molecule has 2 rings (SSSR count). The summed E-state index contributed by atoms with van der Waals surface area (Å²) in [5.41, 5.74) is 1.54. The van der Waals surface area contributed by atoms with Crippen molar-refractivity contribution in [2.45, 2.75) is 0 Å². The smallest absolute Gasteiger partial charge is 0.187 e. The first-order valence-corrected chi connectivity index (χ1v) is 2.64. The van der Waals surface area contributed by atoms with Crippen LogP contribution >= 0.6 is 0 Å². The number of para-hydroxylation sites is 1. The van der Waals surface area contributed by atoms with Crippen LogP contribution in [0.25, 0.3) is 11.1 Å². The van der Waals surface area contributed by atoms with Crippen LogP contribution < -0.4 is 0 Å². The number of hydrogen-bond donors (Lipinski definition) is 0. The van der Waals surface area contributed by atoms with Crippen LogP contribution in [0.15, 0.2) is 28.8 Å². The second-order valence-corrected chi connectivity index (χ2v) is 1.74. The van der Waals surface area contributed by atoms with Gasteiger partial charge in [-0.25, -0.2) is 0 Å². The van der Waals surface area contributed by atoms with Gasteiger partial charge in [0.1, 0.15) is 5.52 Å². The Hall–Kier alpha value is -1.45. The zero-order valence-electron chi connectivity index (χ0n) is 5.02. The standard InChI is InChI=1S/C6H4N2O.FH/c1-2-4-6-5(3-1)7-8-9-6;/h1-4H;1H. The second-order valence-electron chi connectivity index (χ2n) is 1.74. The zero-order valence-corrected chi connectivity index (χ0v) is 5.02. The SMILES string of the molecule is F.c1ccc2onnc2c1. The molecule has 0 saturated carbocycles. The van der Waals surface area contributed by atoms with E-state index in [9.17, 15) is 0 Å². The van der Waals surface area contributed by atoms with E-state index in [0.717, 1.165) is 11.1 Å². The molecule has 1 aromatic heterocycles. The minimum Gasteiger partial charge on any atom is -0.337 e. The van der Waals surface area contributed by atoms with Gasteiger partial charge in [0.25, 0.3) is 0 Å². The Morgan fingerprint density at radius 1 is 1.20 bits per heavy atom. The van der Waals surface area contributed by atoms with Gasteiger partial charge < -0.3 is 4.52 Å². The van der Waals surface area contributed by atoms with E-state index >= 15 is 0 Å². The van der Waals surface area contributed by atoms with E-state index in [2.05, 4.69) is 10.4 Å². The first-order valence-electron chi connectivity index (χ1n) is 2.64. The Morgan fingerprint density at radius 3 is 2.80 bits per heavy atom. The summed E-state index contributed by atoms with van der Waals surface area (Å²) in [7, 11) is 0. The summed E-state index contributed by atoms with van der Waals surface area (Å²) in [5, 5.41) is 7.08. The molecule has 0 bridgehead atoms. The van der Waals surface area contributed by atoms with Gasteiger partial charge >= 0.3 is 0 Å².